The first kappa shape index (κ1) is 17.8. The van der Waals surface area contributed by atoms with Crippen LogP contribution in [0.3, 0.4) is 0 Å². The normalized spacial score (nSPS) is 10.5. The van der Waals surface area contributed by atoms with Crippen molar-refractivity contribution in [1.29, 1.82) is 0 Å². The molecule has 0 spiro atoms. The van der Waals surface area contributed by atoms with E-state index in [2.05, 4.69) is 24.0 Å². The molecule has 136 valence electrons. The molecule has 0 bridgehead atoms. The van der Waals surface area contributed by atoms with Crippen molar-refractivity contribution >= 4 is 10.8 Å². The third kappa shape index (κ3) is 4.05. The van der Waals surface area contributed by atoms with E-state index >= 15 is 0 Å². The van der Waals surface area contributed by atoms with Crippen molar-refractivity contribution < 1.29 is 9.50 Å². The van der Waals surface area contributed by atoms with E-state index in [-0.39, 0.29) is 11.6 Å². The predicted octanol–water partition coefficient (Wildman–Crippen LogP) is 5.87. The van der Waals surface area contributed by atoms with Crippen LogP contribution in [0.25, 0.3) is 10.8 Å². The summed E-state index contributed by atoms with van der Waals surface area (Å²) >= 11 is 0. The maximum atomic E-state index is 13.1. The molecule has 0 fully saturated rings. The SMILES string of the molecule is Oc1c(Cc2ccc(F)cc2)ccc2ccc(C#CCc3ccccc3)cc12. The van der Waals surface area contributed by atoms with E-state index < -0.39 is 0 Å². The third-order valence-corrected chi connectivity index (χ3v) is 4.75. The molecule has 4 rings (SSSR count). The minimum Gasteiger partial charge on any atom is -0.507 e. The molecule has 4 aromatic carbocycles. The lowest BCUT2D eigenvalue weighted by atomic mass is 9.98. The largest absolute Gasteiger partial charge is 0.507 e. The second-order valence-corrected chi connectivity index (χ2v) is 6.78. The quantitative estimate of drug-likeness (QED) is 0.450. The minimum atomic E-state index is -0.259. The fraction of sp³-hybridized carbons (Fsp3) is 0.0769. The highest BCUT2D eigenvalue weighted by atomic mass is 19.1. The van der Waals surface area contributed by atoms with E-state index in [0.717, 1.165) is 27.5 Å². The lowest BCUT2D eigenvalue weighted by Gasteiger charge is -2.09. The number of rotatable bonds is 3. The molecule has 0 radical (unpaired) electrons. The Hall–Kier alpha value is -3.57. The summed E-state index contributed by atoms with van der Waals surface area (Å²) in [5.41, 5.74) is 3.82. The number of benzene rings is 4. The average Bonchev–Trinajstić information content (AvgIpc) is 2.73. The number of hydrogen-bond donors (Lipinski definition) is 1. The summed E-state index contributed by atoms with van der Waals surface area (Å²) in [6.07, 6.45) is 1.24. The molecule has 0 aliphatic rings. The zero-order valence-electron chi connectivity index (χ0n) is 15.3. The van der Waals surface area contributed by atoms with Crippen molar-refractivity contribution in [2.24, 2.45) is 0 Å². The van der Waals surface area contributed by atoms with Gasteiger partial charge in [0.1, 0.15) is 11.6 Å². The van der Waals surface area contributed by atoms with Gasteiger partial charge in [-0.15, -0.1) is 0 Å². The van der Waals surface area contributed by atoms with Crippen LogP contribution in [0.2, 0.25) is 0 Å². The molecule has 0 saturated carbocycles. The van der Waals surface area contributed by atoms with Crippen LogP contribution in [0.5, 0.6) is 5.75 Å². The Morgan fingerprint density at radius 2 is 1.54 bits per heavy atom. The van der Waals surface area contributed by atoms with Gasteiger partial charge < -0.3 is 5.11 Å². The van der Waals surface area contributed by atoms with Crippen LogP contribution in [0, 0.1) is 17.7 Å². The van der Waals surface area contributed by atoms with Gasteiger partial charge in [0, 0.05) is 23.8 Å². The van der Waals surface area contributed by atoms with Crippen molar-refractivity contribution in [3.05, 3.63) is 113 Å². The van der Waals surface area contributed by atoms with Crippen LogP contribution >= 0.6 is 0 Å². The molecule has 0 unspecified atom stereocenters. The summed E-state index contributed by atoms with van der Waals surface area (Å²) in [6.45, 7) is 0. The van der Waals surface area contributed by atoms with Crippen molar-refractivity contribution in [3.63, 3.8) is 0 Å². The van der Waals surface area contributed by atoms with Gasteiger partial charge in [-0.25, -0.2) is 4.39 Å². The smallest absolute Gasteiger partial charge is 0.126 e. The van der Waals surface area contributed by atoms with Gasteiger partial charge in [0.25, 0.3) is 0 Å². The highest BCUT2D eigenvalue weighted by Gasteiger charge is 2.08. The van der Waals surface area contributed by atoms with Crippen LogP contribution in [0.4, 0.5) is 4.39 Å². The third-order valence-electron chi connectivity index (χ3n) is 4.75. The molecule has 0 aliphatic carbocycles. The summed E-state index contributed by atoms with van der Waals surface area (Å²) < 4.78 is 13.1. The van der Waals surface area contributed by atoms with Crippen molar-refractivity contribution in [2.75, 3.05) is 0 Å². The monoisotopic (exact) mass is 366 g/mol. The van der Waals surface area contributed by atoms with Gasteiger partial charge in [-0.2, -0.15) is 0 Å². The van der Waals surface area contributed by atoms with E-state index in [1.54, 1.807) is 12.1 Å². The molecular formula is C26H19FO. The highest BCUT2D eigenvalue weighted by molar-refractivity contribution is 5.90. The van der Waals surface area contributed by atoms with Gasteiger partial charge in [0.05, 0.1) is 0 Å². The van der Waals surface area contributed by atoms with Crippen LogP contribution in [0.15, 0.2) is 84.9 Å². The number of aromatic hydroxyl groups is 1. The molecule has 1 nitrogen and oxygen atoms in total. The summed E-state index contributed by atoms with van der Waals surface area (Å²) in [4.78, 5) is 0. The zero-order chi connectivity index (χ0) is 19.3. The Kier molecular flexibility index (Phi) is 5.08. The Morgan fingerprint density at radius 3 is 2.32 bits per heavy atom. The summed E-state index contributed by atoms with van der Waals surface area (Å²) in [5.74, 6) is 6.38. The Balaban J connectivity index is 1.61. The van der Waals surface area contributed by atoms with Crippen LogP contribution in [0.1, 0.15) is 22.3 Å². The van der Waals surface area contributed by atoms with E-state index in [4.69, 9.17) is 0 Å². The van der Waals surface area contributed by atoms with Crippen molar-refractivity contribution in [1.82, 2.24) is 0 Å². The molecule has 0 saturated heterocycles. The van der Waals surface area contributed by atoms with E-state index in [1.165, 1.54) is 17.7 Å². The molecular weight excluding hydrogens is 347 g/mol. The molecule has 0 amide bonds. The molecule has 0 heterocycles. The summed E-state index contributed by atoms with van der Waals surface area (Å²) in [5, 5.41) is 12.5. The summed E-state index contributed by atoms with van der Waals surface area (Å²) in [6, 6.07) is 26.3. The zero-order valence-corrected chi connectivity index (χ0v) is 15.3. The fourth-order valence-corrected chi connectivity index (χ4v) is 3.24. The van der Waals surface area contributed by atoms with Gasteiger partial charge in [0.15, 0.2) is 0 Å². The number of fused-ring (bicyclic) bond motifs is 1. The van der Waals surface area contributed by atoms with Gasteiger partial charge >= 0.3 is 0 Å². The van der Waals surface area contributed by atoms with Crippen molar-refractivity contribution in [2.45, 2.75) is 12.8 Å². The molecule has 1 N–H and O–H groups in total. The highest BCUT2D eigenvalue weighted by Crippen LogP contribution is 2.31. The lowest BCUT2D eigenvalue weighted by molar-refractivity contribution is 0.476. The van der Waals surface area contributed by atoms with Gasteiger partial charge in [-0.1, -0.05) is 72.5 Å². The first-order chi connectivity index (χ1) is 13.7. The maximum Gasteiger partial charge on any atom is 0.126 e. The van der Waals surface area contributed by atoms with Gasteiger partial charge in [-0.3, -0.25) is 0 Å². The van der Waals surface area contributed by atoms with Crippen molar-refractivity contribution in [3.8, 4) is 17.6 Å². The number of hydrogen-bond acceptors (Lipinski definition) is 1. The second kappa shape index (κ2) is 7.98. The molecule has 28 heavy (non-hydrogen) atoms. The first-order valence-corrected chi connectivity index (χ1v) is 9.21. The molecule has 0 aromatic heterocycles. The minimum absolute atomic E-state index is 0.258. The molecule has 4 aromatic rings. The number of phenols is 1. The second-order valence-electron chi connectivity index (χ2n) is 6.78. The molecule has 0 aliphatic heterocycles. The molecule has 2 heteroatoms. The van der Waals surface area contributed by atoms with E-state index in [0.29, 0.717) is 12.8 Å². The van der Waals surface area contributed by atoms with E-state index in [1.807, 2.05) is 48.5 Å². The Bertz CT molecular complexity index is 1170. The first-order valence-electron chi connectivity index (χ1n) is 9.21. The maximum absolute atomic E-state index is 13.1. The summed E-state index contributed by atoms with van der Waals surface area (Å²) in [7, 11) is 0. The number of halogens is 1. The van der Waals surface area contributed by atoms with Crippen LogP contribution in [-0.4, -0.2) is 5.11 Å². The fourth-order valence-electron chi connectivity index (χ4n) is 3.24. The Labute approximate surface area is 164 Å². The van der Waals surface area contributed by atoms with Crippen LogP contribution < -0.4 is 0 Å². The van der Waals surface area contributed by atoms with Gasteiger partial charge in [-0.05, 0) is 46.3 Å². The Morgan fingerprint density at radius 1 is 0.786 bits per heavy atom. The molecule has 0 atom stereocenters. The number of phenolic OH excluding ortho intramolecular Hbond substituents is 1. The lowest BCUT2D eigenvalue weighted by Crippen LogP contribution is -1.91. The average molecular weight is 366 g/mol. The van der Waals surface area contributed by atoms with E-state index in [9.17, 15) is 9.50 Å². The topological polar surface area (TPSA) is 20.2 Å². The standard InChI is InChI=1S/C26H19FO/c27-24-15-10-21(11-16-24)17-23-14-13-22-12-9-20(18-25(22)26(23)28)8-4-7-19-5-2-1-3-6-19/h1-3,5-6,9-16,18,28H,7,17H2. The van der Waals surface area contributed by atoms with Gasteiger partial charge in [0.2, 0.25) is 0 Å². The predicted molar refractivity (Wildman–Crippen MR) is 112 cm³/mol. The van der Waals surface area contributed by atoms with Crippen LogP contribution in [-0.2, 0) is 12.8 Å².